The Labute approximate surface area is 132 Å². The maximum absolute atomic E-state index is 12.7. The van der Waals surface area contributed by atoms with Crippen LogP contribution in [0.15, 0.2) is 41.2 Å². The van der Waals surface area contributed by atoms with Crippen molar-refractivity contribution in [2.24, 2.45) is 5.73 Å². The smallest absolute Gasteiger partial charge is 0.271 e. The highest BCUT2D eigenvalue weighted by Crippen LogP contribution is 2.19. The zero-order valence-corrected chi connectivity index (χ0v) is 13.6. The lowest BCUT2D eigenvalue weighted by molar-refractivity contribution is 0.518. The van der Waals surface area contributed by atoms with Crippen molar-refractivity contribution in [1.82, 2.24) is 9.78 Å². The van der Waals surface area contributed by atoms with Gasteiger partial charge in [-0.05, 0) is 24.0 Å². The topological polar surface area (TPSA) is 60.9 Å². The third kappa shape index (κ3) is 3.63. The summed E-state index contributed by atoms with van der Waals surface area (Å²) in [6.07, 6.45) is 1.97. The molecule has 4 nitrogen and oxygen atoms in total. The van der Waals surface area contributed by atoms with Gasteiger partial charge in [0.2, 0.25) is 0 Å². The highest BCUT2D eigenvalue weighted by molar-refractivity contribution is 5.30. The predicted octanol–water partition coefficient (Wildman–Crippen LogP) is 3.21. The first-order valence-corrected chi connectivity index (χ1v) is 7.97. The second kappa shape index (κ2) is 7.36. The summed E-state index contributed by atoms with van der Waals surface area (Å²) in [5.74, 6) is 0.259. The Morgan fingerprint density at radius 1 is 1.23 bits per heavy atom. The standard InChI is InChI=1S/C18H25N3O/c1-4-5-11-21-18(22)15(12-16(20-21)13(2)3)17(19)14-9-7-6-8-10-14/h6-10,12-13,17H,4-5,11,19H2,1-3H3. The molecule has 2 N–H and O–H groups in total. The maximum atomic E-state index is 12.7. The lowest BCUT2D eigenvalue weighted by Gasteiger charge is -2.16. The molecule has 1 aromatic heterocycles. The van der Waals surface area contributed by atoms with Crippen molar-refractivity contribution in [3.05, 3.63) is 63.6 Å². The minimum Gasteiger partial charge on any atom is -0.320 e. The van der Waals surface area contributed by atoms with Crippen LogP contribution in [0.2, 0.25) is 0 Å². The number of aromatic nitrogens is 2. The summed E-state index contributed by atoms with van der Waals surface area (Å²) in [5.41, 5.74) is 8.75. The van der Waals surface area contributed by atoms with E-state index in [-0.39, 0.29) is 11.5 Å². The van der Waals surface area contributed by atoms with Crippen molar-refractivity contribution in [2.75, 3.05) is 0 Å². The average molecular weight is 299 g/mol. The van der Waals surface area contributed by atoms with Crippen molar-refractivity contribution >= 4 is 0 Å². The molecule has 1 atom stereocenters. The molecule has 1 unspecified atom stereocenters. The number of aryl methyl sites for hydroxylation is 1. The summed E-state index contributed by atoms with van der Waals surface area (Å²) < 4.78 is 1.58. The van der Waals surface area contributed by atoms with Crippen LogP contribution >= 0.6 is 0 Å². The van der Waals surface area contributed by atoms with E-state index in [1.165, 1.54) is 0 Å². The number of benzene rings is 1. The fourth-order valence-corrected chi connectivity index (χ4v) is 2.39. The van der Waals surface area contributed by atoms with Gasteiger partial charge >= 0.3 is 0 Å². The Morgan fingerprint density at radius 2 is 1.91 bits per heavy atom. The Kier molecular flexibility index (Phi) is 5.50. The first-order chi connectivity index (χ1) is 10.5. The van der Waals surface area contributed by atoms with E-state index in [0.717, 1.165) is 24.1 Å². The number of nitrogens with two attached hydrogens (primary N) is 1. The van der Waals surface area contributed by atoms with Crippen LogP contribution in [0, 0.1) is 0 Å². The molecular weight excluding hydrogens is 274 g/mol. The van der Waals surface area contributed by atoms with Crippen LogP contribution in [0.4, 0.5) is 0 Å². The molecule has 0 amide bonds. The van der Waals surface area contributed by atoms with E-state index < -0.39 is 6.04 Å². The molecule has 0 saturated carbocycles. The van der Waals surface area contributed by atoms with E-state index in [0.29, 0.717) is 12.1 Å². The fourth-order valence-electron chi connectivity index (χ4n) is 2.39. The second-order valence-corrected chi connectivity index (χ2v) is 5.95. The Bertz CT molecular complexity index is 662. The predicted molar refractivity (Wildman–Crippen MR) is 90.0 cm³/mol. The van der Waals surface area contributed by atoms with Gasteiger partial charge in [0.15, 0.2) is 0 Å². The quantitative estimate of drug-likeness (QED) is 0.891. The van der Waals surface area contributed by atoms with Gasteiger partial charge in [0, 0.05) is 12.1 Å². The molecule has 2 rings (SSSR count). The normalized spacial score (nSPS) is 12.6. The Hall–Kier alpha value is -1.94. The van der Waals surface area contributed by atoms with Crippen molar-refractivity contribution in [3.63, 3.8) is 0 Å². The van der Waals surface area contributed by atoms with Gasteiger partial charge in [-0.3, -0.25) is 4.79 Å². The number of hydrogen-bond donors (Lipinski definition) is 1. The molecule has 2 aromatic rings. The minimum atomic E-state index is -0.415. The van der Waals surface area contributed by atoms with Crippen LogP contribution in [-0.4, -0.2) is 9.78 Å². The molecule has 4 heteroatoms. The van der Waals surface area contributed by atoms with Gasteiger partial charge < -0.3 is 5.73 Å². The zero-order chi connectivity index (χ0) is 16.1. The Morgan fingerprint density at radius 3 is 2.50 bits per heavy atom. The number of unbranched alkanes of at least 4 members (excludes halogenated alkanes) is 1. The van der Waals surface area contributed by atoms with Crippen molar-refractivity contribution < 1.29 is 0 Å². The highest BCUT2D eigenvalue weighted by Gasteiger charge is 2.17. The number of rotatable bonds is 6. The van der Waals surface area contributed by atoms with Crippen LogP contribution in [0.25, 0.3) is 0 Å². The summed E-state index contributed by atoms with van der Waals surface area (Å²) in [5, 5.41) is 4.49. The van der Waals surface area contributed by atoms with E-state index in [2.05, 4.69) is 25.9 Å². The van der Waals surface area contributed by atoms with E-state index in [4.69, 9.17) is 5.73 Å². The van der Waals surface area contributed by atoms with Gasteiger partial charge in [-0.1, -0.05) is 57.5 Å². The van der Waals surface area contributed by atoms with Crippen LogP contribution in [-0.2, 0) is 6.54 Å². The number of hydrogen-bond acceptors (Lipinski definition) is 3. The van der Waals surface area contributed by atoms with Crippen LogP contribution in [0.1, 0.15) is 62.4 Å². The first kappa shape index (κ1) is 16.4. The first-order valence-electron chi connectivity index (χ1n) is 7.97. The van der Waals surface area contributed by atoms with Gasteiger partial charge in [-0.2, -0.15) is 5.10 Å². The largest absolute Gasteiger partial charge is 0.320 e. The van der Waals surface area contributed by atoms with Crippen LogP contribution in [0.3, 0.4) is 0 Å². The summed E-state index contributed by atoms with van der Waals surface area (Å²) in [6, 6.07) is 11.2. The lowest BCUT2D eigenvalue weighted by Crippen LogP contribution is -2.31. The van der Waals surface area contributed by atoms with E-state index in [1.54, 1.807) is 4.68 Å². The molecule has 0 aliphatic rings. The van der Waals surface area contributed by atoms with Gasteiger partial charge in [-0.15, -0.1) is 0 Å². The van der Waals surface area contributed by atoms with Gasteiger partial charge in [0.05, 0.1) is 11.7 Å². The molecule has 1 heterocycles. The molecule has 0 spiro atoms. The van der Waals surface area contributed by atoms with E-state index in [9.17, 15) is 4.79 Å². The molecule has 1 aromatic carbocycles. The van der Waals surface area contributed by atoms with Crippen molar-refractivity contribution in [1.29, 1.82) is 0 Å². The molecule has 118 valence electrons. The third-order valence-corrected chi connectivity index (χ3v) is 3.83. The zero-order valence-electron chi connectivity index (χ0n) is 13.6. The Balaban J connectivity index is 2.49. The third-order valence-electron chi connectivity index (χ3n) is 3.83. The van der Waals surface area contributed by atoms with Crippen LogP contribution < -0.4 is 11.3 Å². The van der Waals surface area contributed by atoms with E-state index in [1.807, 2.05) is 36.4 Å². The monoisotopic (exact) mass is 299 g/mol. The molecular formula is C18H25N3O. The molecule has 0 fully saturated rings. The van der Waals surface area contributed by atoms with Gasteiger partial charge in [0.25, 0.3) is 5.56 Å². The molecule has 0 aliphatic heterocycles. The fraction of sp³-hybridized carbons (Fsp3) is 0.444. The SMILES string of the molecule is CCCCn1nc(C(C)C)cc(C(N)c2ccccc2)c1=O. The van der Waals surface area contributed by atoms with E-state index >= 15 is 0 Å². The minimum absolute atomic E-state index is 0.0748. The second-order valence-electron chi connectivity index (χ2n) is 5.95. The average Bonchev–Trinajstić information content (AvgIpc) is 2.54. The molecule has 0 radical (unpaired) electrons. The van der Waals surface area contributed by atoms with Crippen molar-refractivity contribution in [2.45, 2.75) is 52.1 Å². The molecule has 0 bridgehead atoms. The maximum Gasteiger partial charge on any atom is 0.271 e. The van der Waals surface area contributed by atoms with Gasteiger partial charge in [-0.25, -0.2) is 4.68 Å². The summed E-state index contributed by atoms with van der Waals surface area (Å²) in [7, 11) is 0. The summed E-state index contributed by atoms with van der Waals surface area (Å²) in [6.45, 7) is 6.90. The van der Waals surface area contributed by atoms with Crippen LogP contribution in [0.5, 0.6) is 0 Å². The molecule has 22 heavy (non-hydrogen) atoms. The van der Waals surface area contributed by atoms with Gasteiger partial charge in [0.1, 0.15) is 0 Å². The lowest BCUT2D eigenvalue weighted by atomic mass is 9.99. The highest BCUT2D eigenvalue weighted by atomic mass is 16.1. The molecule has 0 aliphatic carbocycles. The number of nitrogens with zero attached hydrogens (tertiary/aromatic N) is 2. The summed E-state index contributed by atoms with van der Waals surface area (Å²) >= 11 is 0. The summed E-state index contributed by atoms with van der Waals surface area (Å²) in [4.78, 5) is 12.7. The molecule has 0 saturated heterocycles. The van der Waals surface area contributed by atoms with Crippen molar-refractivity contribution in [3.8, 4) is 0 Å².